The van der Waals surface area contributed by atoms with E-state index < -0.39 is 0 Å². The molecule has 21 heavy (non-hydrogen) atoms. The number of rotatable bonds is 7. The zero-order valence-corrected chi connectivity index (χ0v) is 14.0. The van der Waals surface area contributed by atoms with Gasteiger partial charge in [0.1, 0.15) is 38.5 Å². The van der Waals surface area contributed by atoms with Crippen molar-refractivity contribution in [3.63, 3.8) is 0 Å². The van der Waals surface area contributed by atoms with Crippen molar-refractivity contribution in [1.29, 1.82) is 0 Å². The molecule has 1 heterocycles. The summed E-state index contributed by atoms with van der Waals surface area (Å²) in [5.41, 5.74) is 1.06. The summed E-state index contributed by atoms with van der Waals surface area (Å²) in [7, 11) is 0. The van der Waals surface area contributed by atoms with Gasteiger partial charge < -0.3 is 19.7 Å². The fourth-order valence-electron chi connectivity index (χ4n) is 2.55. The van der Waals surface area contributed by atoms with Crippen molar-refractivity contribution in [1.82, 2.24) is 0 Å². The molecule has 2 rings (SSSR count). The van der Waals surface area contributed by atoms with E-state index in [1.54, 1.807) is 11.0 Å². The molecule has 3 N–H and O–H groups in total. The molecular formula is C15H24Cl2N2O2+2. The van der Waals surface area contributed by atoms with Crippen LogP contribution in [0.3, 0.4) is 0 Å². The van der Waals surface area contributed by atoms with Crippen LogP contribution in [-0.2, 0) is 11.3 Å². The van der Waals surface area contributed by atoms with Crippen LogP contribution in [0.25, 0.3) is 0 Å². The molecule has 6 heteroatoms. The minimum absolute atomic E-state index is 0.589. The number of nitrogens with one attached hydrogen (secondary N) is 1. The Morgan fingerprint density at radius 2 is 2.05 bits per heavy atom. The minimum Gasteiger partial charge on any atom is -0.492 e. The van der Waals surface area contributed by atoms with E-state index in [1.165, 1.54) is 0 Å². The Bertz CT molecular complexity index is 452. The van der Waals surface area contributed by atoms with Crippen molar-refractivity contribution in [2.75, 3.05) is 46.0 Å². The van der Waals surface area contributed by atoms with Crippen molar-refractivity contribution in [2.24, 2.45) is 0 Å². The lowest BCUT2D eigenvalue weighted by Crippen LogP contribution is -3.16. The molecule has 0 radical (unpaired) electrons. The van der Waals surface area contributed by atoms with Gasteiger partial charge in [0.05, 0.1) is 30.4 Å². The topological polar surface area (TPSA) is 39.5 Å². The summed E-state index contributed by atoms with van der Waals surface area (Å²) < 4.78 is 11.0. The maximum absolute atomic E-state index is 6.21. The van der Waals surface area contributed by atoms with Crippen molar-refractivity contribution in [2.45, 2.75) is 13.5 Å². The van der Waals surface area contributed by atoms with Crippen LogP contribution in [0, 0.1) is 0 Å². The number of ether oxygens (including phenoxy) is 2. The average molecular weight is 335 g/mol. The van der Waals surface area contributed by atoms with Gasteiger partial charge in [-0.3, -0.25) is 0 Å². The van der Waals surface area contributed by atoms with Crippen LogP contribution in [0.4, 0.5) is 0 Å². The van der Waals surface area contributed by atoms with Gasteiger partial charge in [0, 0.05) is 5.02 Å². The smallest absolute Gasteiger partial charge is 0.146 e. The van der Waals surface area contributed by atoms with Crippen LogP contribution in [0.1, 0.15) is 12.5 Å². The van der Waals surface area contributed by atoms with Gasteiger partial charge in [-0.1, -0.05) is 23.2 Å². The molecule has 0 bridgehead atoms. The summed E-state index contributed by atoms with van der Waals surface area (Å²) in [5, 5.41) is 3.53. The van der Waals surface area contributed by atoms with E-state index >= 15 is 0 Å². The fraction of sp³-hybridized carbons (Fsp3) is 0.600. The first-order chi connectivity index (χ1) is 10.2. The number of morpholine rings is 1. The number of hydrogen-bond acceptors (Lipinski definition) is 2. The summed E-state index contributed by atoms with van der Waals surface area (Å²) in [6.45, 7) is 9.61. The summed E-state index contributed by atoms with van der Waals surface area (Å²) in [6.07, 6.45) is 0. The Morgan fingerprint density at radius 3 is 2.76 bits per heavy atom. The number of nitrogens with two attached hydrogens (primary N) is 1. The molecule has 1 aromatic rings. The lowest BCUT2D eigenvalue weighted by molar-refractivity contribution is -0.920. The van der Waals surface area contributed by atoms with Gasteiger partial charge in [0.15, 0.2) is 0 Å². The highest BCUT2D eigenvalue weighted by molar-refractivity contribution is 6.35. The Kier molecular flexibility index (Phi) is 7.07. The molecule has 1 aliphatic heterocycles. The summed E-state index contributed by atoms with van der Waals surface area (Å²) >= 11 is 12.3. The quantitative estimate of drug-likeness (QED) is 0.707. The van der Waals surface area contributed by atoms with Crippen LogP contribution in [0.2, 0.25) is 10.0 Å². The van der Waals surface area contributed by atoms with Crippen molar-refractivity contribution in [3.8, 4) is 5.75 Å². The molecule has 1 fully saturated rings. The number of hydrogen-bond donors (Lipinski definition) is 2. The largest absolute Gasteiger partial charge is 0.492 e. The van der Waals surface area contributed by atoms with Crippen LogP contribution in [-0.4, -0.2) is 46.0 Å². The highest BCUT2D eigenvalue weighted by Gasteiger charge is 2.15. The van der Waals surface area contributed by atoms with E-state index in [2.05, 4.69) is 5.32 Å². The molecule has 0 aromatic heterocycles. The van der Waals surface area contributed by atoms with Gasteiger partial charge in [-0.2, -0.15) is 0 Å². The minimum atomic E-state index is 0.589. The van der Waals surface area contributed by atoms with Crippen molar-refractivity contribution >= 4 is 23.2 Å². The van der Waals surface area contributed by atoms with E-state index in [9.17, 15) is 0 Å². The predicted molar refractivity (Wildman–Crippen MR) is 84.5 cm³/mol. The standard InChI is InChI=1S/C15H22Cl2N2O2/c1-2-21-15-12(9-13(16)10-14(15)17)11-18-3-4-19-5-7-20-8-6-19/h9-10,18H,2-8,11H2,1H3/p+2. The maximum Gasteiger partial charge on any atom is 0.146 e. The fourth-order valence-corrected chi connectivity index (χ4v) is 3.14. The highest BCUT2D eigenvalue weighted by Crippen LogP contribution is 2.31. The third kappa shape index (κ3) is 5.31. The second-order valence-corrected chi connectivity index (χ2v) is 6.05. The van der Waals surface area contributed by atoms with E-state index in [4.69, 9.17) is 32.7 Å². The molecular weight excluding hydrogens is 311 g/mol. The van der Waals surface area contributed by atoms with E-state index in [0.29, 0.717) is 16.7 Å². The van der Waals surface area contributed by atoms with E-state index in [0.717, 1.165) is 57.3 Å². The second-order valence-electron chi connectivity index (χ2n) is 5.20. The van der Waals surface area contributed by atoms with Gasteiger partial charge in [-0.05, 0) is 19.1 Å². The maximum atomic E-state index is 6.21. The SMILES string of the molecule is CCOc1c(Cl)cc(Cl)cc1C[NH2+]CC[NH+]1CCOCC1. The Hall–Kier alpha value is -0.520. The third-order valence-corrected chi connectivity index (χ3v) is 4.14. The molecule has 4 nitrogen and oxygen atoms in total. The highest BCUT2D eigenvalue weighted by atomic mass is 35.5. The average Bonchev–Trinajstić information content (AvgIpc) is 2.48. The summed E-state index contributed by atoms with van der Waals surface area (Å²) in [5.74, 6) is 0.763. The number of halogens is 2. The molecule has 0 aliphatic carbocycles. The van der Waals surface area contributed by atoms with Gasteiger partial charge in [0.2, 0.25) is 0 Å². The molecule has 0 spiro atoms. The van der Waals surface area contributed by atoms with Crippen LogP contribution in [0.5, 0.6) is 5.75 Å². The molecule has 0 atom stereocenters. The lowest BCUT2D eigenvalue weighted by Gasteiger charge is -2.23. The van der Waals surface area contributed by atoms with Gasteiger partial charge in [-0.25, -0.2) is 0 Å². The molecule has 1 aromatic carbocycles. The first-order valence-corrected chi connectivity index (χ1v) is 8.30. The van der Waals surface area contributed by atoms with Crippen molar-refractivity contribution < 1.29 is 19.7 Å². The zero-order valence-electron chi connectivity index (χ0n) is 12.5. The van der Waals surface area contributed by atoms with Gasteiger partial charge in [0.25, 0.3) is 0 Å². The first kappa shape index (κ1) is 16.8. The number of quaternary nitrogens is 2. The number of benzene rings is 1. The lowest BCUT2D eigenvalue weighted by atomic mass is 10.2. The van der Waals surface area contributed by atoms with Crippen LogP contribution >= 0.6 is 23.2 Å². The molecule has 1 saturated heterocycles. The van der Waals surface area contributed by atoms with E-state index in [1.807, 2.05) is 13.0 Å². The Labute approximate surface area is 136 Å². The van der Waals surface area contributed by atoms with Crippen molar-refractivity contribution in [3.05, 3.63) is 27.7 Å². The second kappa shape index (κ2) is 8.81. The zero-order chi connectivity index (χ0) is 15.1. The molecule has 0 amide bonds. The molecule has 1 aliphatic rings. The van der Waals surface area contributed by atoms with Crippen LogP contribution < -0.4 is 15.0 Å². The summed E-state index contributed by atoms with van der Waals surface area (Å²) in [6, 6.07) is 3.67. The molecule has 0 unspecified atom stereocenters. The monoisotopic (exact) mass is 334 g/mol. The van der Waals surface area contributed by atoms with Crippen LogP contribution in [0.15, 0.2) is 12.1 Å². The normalized spacial score (nSPS) is 16.1. The van der Waals surface area contributed by atoms with Gasteiger partial charge >= 0.3 is 0 Å². The Balaban J connectivity index is 1.84. The predicted octanol–water partition coefficient (Wildman–Crippen LogP) is 0.371. The third-order valence-electron chi connectivity index (χ3n) is 3.64. The van der Waals surface area contributed by atoms with E-state index in [-0.39, 0.29) is 0 Å². The summed E-state index contributed by atoms with van der Waals surface area (Å²) in [4.78, 5) is 1.62. The molecule has 0 saturated carbocycles. The Morgan fingerprint density at radius 1 is 1.29 bits per heavy atom. The first-order valence-electron chi connectivity index (χ1n) is 7.54. The molecule has 118 valence electrons. The van der Waals surface area contributed by atoms with Gasteiger partial charge in [-0.15, -0.1) is 0 Å².